The molecule has 0 amide bonds. The van der Waals surface area contributed by atoms with Gasteiger partial charge in [-0.25, -0.2) is 4.79 Å². The van der Waals surface area contributed by atoms with E-state index in [1.807, 2.05) is 0 Å². The first-order valence-corrected chi connectivity index (χ1v) is 5.73. The van der Waals surface area contributed by atoms with Gasteiger partial charge in [0, 0.05) is 0 Å². The van der Waals surface area contributed by atoms with Gasteiger partial charge in [-0.3, -0.25) is 0 Å². The molecule has 0 atom stereocenters. The quantitative estimate of drug-likeness (QED) is 0.367. The molecule has 0 aromatic heterocycles. The Bertz CT molecular complexity index is 379. The number of carbonyl (C=O) groups excluding carboxylic acids is 1. The zero-order valence-corrected chi connectivity index (χ0v) is 10.3. The van der Waals surface area contributed by atoms with Crippen molar-refractivity contribution in [1.29, 1.82) is 0 Å². The highest BCUT2D eigenvalue weighted by molar-refractivity contribution is 6.56. The highest BCUT2D eigenvalue weighted by Gasteiger charge is 2.11. The Morgan fingerprint density at radius 3 is 2.44 bits per heavy atom. The van der Waals surface area contributed by atoms with Gasteiger partial charge in [0.1, 0.15) is 10.5 Å². The van der Waals surface area contributed by atoms with Crippen molar-refractivity contribution in [2.24, 2.45) is 5.16 Å². The smallest absolute Gasteiger partial charge is 0.313 e. The third kappa shape index (κ3) is 4.00. The highest BCUT2D eigenvalue weighted by atomic mass is 35.5. The van der Waals surface area contributed by atoms with Crippen LogP contribution in [0.3, 0.4) is 0 Å². The van der Waals surface area contributed by atoms with E-state index in [9.17, 15) is 4.79 Å². The molecule has 0 unspecified atom stereocenters. The normalized spacial score (nSPS) is 11.6. The maximum absolute atomic E-state index is 11.4. The summed E-state index contributed by atoms with van der Waals surface area (Å²) in [5, 5.41) is 3.49. The van der Waals surface area contributed by atoms with Gasteiger partial charge in [0.25, 0.3) is 0 Å². The minimum atomic E-state index is -0.888. The molecule has 1 aromatic carbocycles. The van der Waals surface area contributed by atoms with Gasteiger partial charge in [-0.05, 0) is 12.1 Å². The number of hydrogen-bond donors (Lipinski definition) is 0. The fraction of sp³-hybridized carbons (Fsp3) is 0.200. The summed E-state index contributed by atoms with van der Waals surface area (Å²) in [6.45, 7) is 0. The summed E-state index contributed by atoms with van der Waals surface area (Å²) in [6, 6.07) is 8.44. The van der Waals surface area contributed by atoms with Crippen LogP contribution in [0.5, 0.6) is 0 Å². The third-order valence-electron chi connectivity index (χ3n) is 1.64. The lowest BCUT2D eigenvalue weighted by molar-refractivity contribution is 0.0516. The molecular formula is C10H8Cl3NO2. The fourth-order valence-corrected chi connectivity index (χ4v) is 1.44. The second-order valence-corrected chi connectivity index (χ2v) is 4.13. The van der Waals surface area contributed by atoms with Gasteiger partial charge in [-0.1, -0.05) is 46.6 Å². The topological polar surface area (TPSA) is 38.7 Å². The van der Waals surface area contributed by atoms with Gasteiger partial charge in [0.15, 0.2) is 0 Å². The van der Waals surface area contributed by atoms with Crippen LogP contribution in [0.2, 0.25) is 0 Å². The van der Waals surface area contributed by atoms with E-state index in [4.69, 9.17) is 34.8 Å². The Labute approximate surface area is 108 Å². The second kappa shape index (κ2) is 6.74. The van der Waals surface area contributed by atoms with E-state index in [0.29, 0.717) is 5.56 Å². The largest absolute Gasteiger partial charge is 0.365 e. The molecule has 1 rings (SSSR count). The molecule has 0 aliphatic heterocycles. The summed E-state index contributed by atoms with van der Waals surface area (Å²) in [5.41, 5.74) is 0.579. The minimum absolute atomic E-state index is 0.000262. The number of carbonyl (C=O) groups is 1. The molecule has 0 saturated carbocycles. The van der Waals surface area contributed by atoms with Crippen LogP contribution in [0.1, 0.15) is 10.4 Å². The number of rotatable bonds is 4. The zero-order valence-electron chi connectivity index (χ0n) is 8.07. The number of benzene rings is 1. The second-order valence-electron chi connectivity index (χ2n) is 2.76. The van der Waals surface area contributed by atoms with E-state index >= 15 is 0 Å². The van der Waals surface area contributed by atoms with Crippen LogP contribution in [0, 0.1) is 0 Å². The van der Waals surface area contributed by atoms with Gasteiger partial charge in [-0.15, -0.1) is 11.6 Å². The number of oxime groups is 1. The van der Waals surface area contributed by atoms with E-state index in [0.717, 1.165) is 0 Å². The van der Waals surface area contributed by atoms with Crippen molar-refractivity contribution in [3.63, 3.8) is 0 Å². The molecule has 0 aliphatic rings. The van der Waals surface area contributed by atoms with Gasteiger partial charge >= 0.3 is 5.97 Å². The molecule has 1 aromatic rings. The van der Waals surface area contributed by atoms with Crippen LogP contribution in [-0.4, -0.2) is 22.4 Å². The molecule has 16 heavy (non-hydrogen) atoms. The molecule has 0 spiro atoms. The Balaban J connectivity index is 2.66. The van der Waals surface area contributed by atoms with Gasteiger partial charge in [0.05, 0.1) is 11.4 Å². The van der Waals surface area contributed by atoms with Crippen LogP contribution in [0.25, 0.3) is 0 Å². The molecule has 0 fully saturated rings. The Hall–Kier alpha value is -0.770. The van der Waals surface area contributed by atoms with E-state index in [1.165, 1.54) is 0 Å². The predicted molar refractivity (Wildman–Crippen MR) is 65.5 cm³/mol. The third-order valence-corrected chi connectivity index (χ3v) is 2.42. The lowest BCUT2D eigenvalue weighted by Gasteiger charge is -2.02. The molecule has 0 saturated heterocycles. The summed E-state index contributed by atoms with van der Waals surface area (Å²) >= 11 is 16.6. The van der Waals surface area contributed by atoms with Gasteiger partial charge in [0.2, 0.25) is 0 Å². The molecule has 0 bridgehead atoms. The molecule has 3 nitrogen and oxygen atoms in total. The van der Waals surface area contributed by atoms with E-state index in [-0.39, 0.29) is 11.6 Å². The number of nitrogens with zero attached hydrogens (tertiary/aromatic N) is 1. The predicted octanol–water partition coefficient (Wildman–Crippen LogP) is 3.24. The first kappa shape index (κ1) is 13.3. The van der Waals surface area contributed by atoms with Crippen molar-refractivity contribution < 1.29 is 9.63 Å². The maximum atomic E-state index is 11.4. The summed E-state index contributed by atoms with van der Waals surface area (Å²) in [7, 11) is 0. The van der Waals surface area contributed by atoms with E-state index in [1.54, 1.807) is 30.3 Å². The first-order valence-electron chi connectivity index (χ1n) is 4.32. The van der Waals surface area contributed by atoms with Crippen molar-refractivity contribution in [3.8, 4) is 0 Å². The maximum Gasteiger partial charge on any atom is 0.365 e. The summed E-state index contributed by atoms with van der Waals surface area (Å²) in [6.07, 6.45) is 0. The molecule has 86 valence electrons. The molecule has 0 heterocycles. The molecule has 6 heteroatoms. The van der Waals surface area contributed by atoms with Crippen LogP contribution in [0.15, 0.2) is 35.5 Å². The average molecular weight is 281 g/mol. The number of alkyl halides is 3. The SMILES string of the molecule is O=C(O/N=C(\CCl)C(Cl)Cl)c1ccccc1. The van der Waals surface area contributed by atoms with Crippen LogP contribution in [-0.2, 0) is 4.84 Å². The Morgan fingerprint density at radius 1 is 1.31 bits per heavy atom. The molecule has 0 aliphatic carbocycles. The number of halogens is 3. The lowest BCUT2D eigenvalue weighted by atomic mass is 10.2. The van der Waals surface area contributed by atoms with Crippen LogP contribution >= 0.6 is 34.8 Å². The van der Waals surface area contributed by atoms with Crippen molar-refractivity contribution in [1.82, 2.24) is 0 Å². The van der Waals surface area contributed by atoms with E-state index < -0.39 is 10.8 Å². The summed E-state index contributed by atoms with van der Waals surface area (Å²) < 4.78 is 0. The minimum Gasteiger partial charge on any atom is -0.313 e. The summed E-state index contributed by atoms with van der Waals surface area (Å²) in [5.74, 6) is -0.586. The van der Waals surface area contributed by atoms with E-state index in [2.05, 4.69) is 9.99 Å². The Kier molecular flexibility index (Phi) is 5.60. The summed E-state index contributed by atoms with van der Waals surface area (Å²) in [4.78, 5) is 15.2. The molecule has 0 N–H and O–H groups in total. The van der Waals surface area contributed by atoms with Gasteiger partial charge in [-0.2, -0.15) is 0 Å². The average Bonchev–Trinajstić information content (AvgIpc) is 2.30. The van der Waals surface area contributed by atoms with Crippen molar-refractivity contribution in [2.75, 3.05) is 5.88 Å². The standard InChI is InChI=1S/C10H8Cl3NO2/c11-6-8(9(12)13)14-16-10(15)7-4-2-1-3-5-7/h1-5,9H,6H2/b14-8+. The fourth-order valence-electron chi connectivity index (χ4n) is 0.850. The lowest BCUT2D eigenvalue weighted by Crippen LogP contribution is -2.12. The molecular weight excluding hydrogens is 272 g/mol. The highest BCUT2D eigenvalue weighted by Crippen LogP contribution is 2.08. The van der Waals surface area contributed by atoms with Gasteiger partial charge < -0.3 is 4.84 Å². The van der Waals surface area contributed by atoms with Crippen LogP contribution in [0.4, 0.5) is 0 Å². The number of hydrogen-bond acceptors (Lipinski definition) is 3. The van der Waals surface area contributed by atoms with Crippen molar-refractivity contribution in [3.05, 3.63) is 35.9 Å². The zero-order chi connectivity index (χ0) is 12.0. The monoisotopic (exact) mass is 279 g/mol. The first-order chi connectivity index (χ1) is 7.65. The van der Waals surface area contributed by atoms with Crippen molar-refractivity contribution in [2.45, 2.75) is 4.84 Å². The Morgan fingerprint density at radius 2 is 1.94 bits per heavy atom. The molecule has 0 radical (unpaired) electrons. The van der Waals surface area contributed by atoms with Crippen molar-refractivity contribution >= 4 is 46.5 Å². The van der Waals surface area contributed by atoms with Crippen LogP contribution < -0.4 is 0 Å².